The number of guanidine groups is 1. The van der Waals surface area contributed by atoms with E-state index >= 15 is 0 Å². The Kier molecular flexibility index (Phi) is 10.8. The molecule has 0 spiro atoms. The van der Waals surface area contributed by atoms with E-state index in [9.17, 15) is 0 Å². The van der Waals surface area contributed by atoms with E-state index in [1.165, 1.54) is 0 Å². The molecule has 1 aromatic heterocycles. The maximum absolute atomic E-state index is 5.34. The highest BCUT2D eigenvalue weighted by molar-refractivity contribution is 5.79. The molecule has 1 atom stereocenters. The Labute approximate surface area is 139 Å². The smallest absolute Gasteiger partial charge is 0.191 e. The fraction of sp³-hybridized carbons (Fsp3) is 0.647. The van der Waals surface area contributed by atoms with Crippen molar-refractivity contribution in [3.05, 3.63) is 30.1 Å². The predicted molar refractivity (Wildman–Crippen MR) is 93.6 cm³/mol. The van der Waals surface area contributed by atoms with E-state index in [0.29, 0.717) is 6.54 Å². The number of hydrogen-bond donors (Lipinski definition) is 2. The molecule has 0 unspecified atom stereocenters. The second-order valence-electron chi connectivity index (χ2n) is 5.22. The minimum absolute atomic E-state index is 0.234. The van der Waals surface area contributed by atoms with Crippen LogP contribution >= 0.6 is 0 Å². The highest BCUT2D eigenvalue weighted by atomic mass is 16.5. The molecule has 1 rings (SSSR count). The molecule has 0 aromatic carbocycles. The van der Waals surface area contributed by atoms with Gasteiger partial charge in [0.05, 0.1) is 18.3 Å². The lowest BCUT2D eigenvalue weighted by molar-refractivity contribution is 0.112. The fourth-order valence-corrected chi connectivity index (χ4v) is 1.86. The number of aromatic nitrogens is 1. The third-order valence-electron chi connectivity index (χ3n) is 3.33. The van der Waals surface area contributed by atoms with E-state index < -0.39 is 0 Å². The van der Waals surface area contributed by atoms with E-state index in [4.69, 9.17) is 9.47 Å². The predicted octanol–water partition coefficient (Wildman–Crippen LogP) is 1.97. The maximum atomic E-state index is 5.34. The second kappa shape index (κ2) is 12.8. The van der Waals surface area contributed by atoms with Gasteiger partial charge < -0.3 is 20.1 Å². The van der Waals surface area contributed by atoms with Crippen molar-refractivity contribution in [3.63, 3.8) is 0 Å². The zero-order valence-corrected chi connectivity index (χ0v) is 14.5. The zero-order valence-electron chi connectivity index (χ0n) is 14.5. The van der Waals surface area contributed by atoms with E-state index in [2.05, 4.69) is 27.5 Å². The quantitative estimate of drug-likeness (QED) is 0.370. The molecule has 0 bridgehead atoms. The first-order valence-electron chi connectivity index (χ1n) is 8.28. The van der Waals surface area contributed by atoms with Crippen LogP contribution in [0.25, 0.3) is 0 Å². The first kappa shape index (κ1) is 19.4. The average molecular weight is 322 g/mol. The summed E-state index contributed by atoms with van der Waals surface area (Å²) < 4.78 is 10.6. The summed E-state index contributed by atoms with van der Waals surface area (Å²) in [5.74, 6) is 0.801. The van der Waals surface area contributed by atoms with E-state index in [1.54, 1.807) is 13.3 Å². The molecular formula is C17H30N4O2. The Balaban J connectivity index is 2.42. The van der Waals surface area contributed by atoms with Crippen LogP contribution in [0.1, 0.15) is 32.4 Å². The molecule has 23 heavy (non-hydrogen) atoms. The number of rotatable bonds is 11. The molecule has 6 nitrogen and oxygen atoms in total. The molecule has 0 radical (unpaired) electrons. The average Bonchev–Trinajstić information content (AvgIpc) is 2.59. The number of aliphatic imine (C=N–C) groups is 1. The molecule has 0 aliphatic rings. The number of hydrogen-bond acceptors (Lipinski definition) is 4. The number of nitrogens with zero attached hydrogens (tertiary/aromatic N) is 2. The molecule has 2 N–H and O–H groups in total. The largest absolute Gasteiger partial charge is 0.382 e. The standard InChI is InChI=1S/C17H30N4O2/c1-4-23-13-7-11-19-17(20-12-9-15(2)22-3)21-14-16-8-5-6-10-18-16/h5-6,8,10,15H,4,7,9,11-14H2,1-3H3,(H2,19,20,21)/t15-/m0/s1. The van der Waals surface area contributed by atoms with Crippen LogP contribution in [0.5, 0.6) is 0 Å². The molecule has 0 aliphatic heterocycles. The van der Waals surface area contributed by atoms with Gasteiger partial charge in [0.2, 0.25) is 0 Å². The van der Waals surface area contributed by atoms with Gasteiger partial charge in [-0.25, -0.2) is 4.99 Å². The topological polar surface area (TPSA) is 67.8 Å². The Bertz CT molecular complexity index is 426. The van der Waals surface area contributed by atoms with Crippen LogP contribution in [-0.4, -0.2) is 50.5 Å². The lowest BCUT2D eigenvalue weighted by Crippen LogP contribution is -2.39. The molecule has 0 fully saturated rings. The molecule has 1 aromatic rings. The van der Waals surface area contributed by atoms with Crippen molar-refractivity contribution in [3.8, 4) is 0 Å². The number of pyridine rings is 1. The fourth-order valence-electron chi connectivity index (χ4n) is 1.86. The van der Waals surface area contributed by atoms with Crippen molar-refractivity contribution >= 4 is 5.96 Å². The third-order valence-corrected chi connectivity index (χ3v) is 3.33. The van der Waals surface area contributed by atoms with Gasteiger partial charge in [-0.3, -0.25) is 4.98 Å². The van der Waals surface area contributed by atoms with Crippen molar-refractivity contribution in [1.29, 1.82) is 0 Å². The van der Waals surface area contributed by atoms with Gasteiger partial charge in [0.1, 0.15) is 0 Å². The molecule has 0 amide bonds. The molecule has 0 aliphatic carbocycles. The van der Waals surface area contributed by atoms with Crippen LogP contribution < -0.4 is 10.6 Å². The van der Waals surface area contributed by atoms with Gasteiger partial charge in [-0.2, -0.15) is 0 Å². The summed E-state index contributed by atoms with van der Waals surface area (Å²) in [4.78, 5) is 8.88. The van der Waals surface area contributed by atoms with Gasteiger partial charge in [-0.05, 0) is 38.8 Å². The van der Waals surface area contributed by atoms with Crippen LogP contribution in [0.15, 0.2) is 29.4 Å². The molecular weight excluding hydrogens is 292 g/mol. The lowest BCUT2D eigenvalue weighted by Gasteiger charge is -2.14. The normalized spacial score (nSPS) is 12.9. The summed E-state index contributed by atoms with van der Waals surface area (Å²) in [7, 11) is 1.73. The highest BCUT2D eigenvalue weighted by Crippen LogP contribution is 1.96. The number of nitrogens with one attached hydrogen (secondary N) is 2. The van der Waals surface area contributed by atoms with Crippen molar-refractivity contribution < 1.29 is 9.47 Å². The van der Waals surface area contributed by atoms with Crippen molar-refractivity contribution in [2.24, 2.45) is 4.99 Å². The lowest BCUT2D eigenvalue weighted by atomic mass is 10.3. The van der Waals surface area contributed by atoms with Gasteiger partial charge in [0.15, 0.2) is 5.96 Å². The summed E-state index contributed by atoms with van der Waals surface area (Å²) in [6.45, 7) is 7.78. The summed E-state index contributed by atoms with van der Waals surface area (Å²) in [5, 5.41) is 6.67. The Morgan fingerprint density at radius 3 is 2.83 bits per heavy atom. The summed E-state index contributed by atoms with van der Waals surface area (Å²) >= 11 is 0. The molecule has 0 saturated heterocycles. The minimum Gasteiger partial charge on any atom is -0.382 e. The van der Waals surface area contributed by atoms with Crippen molar-refractivity contribution in [2.75, 3.05) is 33.4 Å². The van der Waals surface area contributed by atoms with Gasteiger partial charge >= 0.3 is 0 Å². The summed E-state index contributed by atoms with van der Waals surface area (Å²) in [5.41, 5.74) is 0.952. The van der Waals surface area contributed by atoms with Crippen LogP contribution in [0.3, 0.4) is 0 Å². The summed E-state index contributed by atoms with van der Waals surface area (Å²) in [6.07, 6.45) is 3.90. The van der Waals surface area contributed by atoms with Crippen LogP contribution in [-0.2, 0) is 16.0 Å². The third kappa shape index (κ3) is 9.86. The minimum atomic E-state index is 0.234. The van der Waals surface area contributed by atoms with Gasteiger partial charge in [0, 0.05) is 39.6 Å². The SMILES string of the molecule is CCOCCCNC(=NCc1ccccn1)NCC[C@H](C)OC. The Morgan fingerprint density at radius 1 is 1.30 bits per heavy atom. The highest BCUT2D eigenvalue weighted by Gasteiger charge is 2.02. The molecule has 6 heteroatoms. The molecule has 0 saturated carbocycles. The van der Waals surface area contributed by atoms with E-state index in [1.807, 2.05) is 25.1 Å². The van der Waals surface area contributed by atoms with Crippen LogP contribution in [0.4, 0.5) is 0 Å². The Morgan fingerprint density at radius 2 is 2.13 bits per heavy atom. The van der Waals surface area contributed by atoms with Gasteiger partial charge in [-0.15, -0.1) is 0 Å². The number of ether oxygens (including phenoxy) is 2. The van der Waals surface area contributed by atoms with Crippen molar-refractivity contribution in [1.82, 2.24) is 15.6 Å². The van der Waals surface area contributed by atoms with E-state index in [0.717, 1.165) is 50.8 Å². The Hall–Kier alpha value is -1.66. The molecule has 130 valence electrons. The van der Waals surface area contributed by atoms with Crippen LogP contribution in [0, 0.1) is 0 Å². The van der Waals surface area contributed by atoms with Crippen molar-refractivity contribution in [2.45, 2.75) is 39.3 Å². The maximum Gasteiger partial charge on any atom is 0.191 e. The first-order valence-corrected chi connectivity index (χ1v) is 8.28. The summed E-state index contributed by atoms with van der Waals surface area (Å²) in [6, 6.07) is 5.86. The first-order chi connectivity index (χ1) is 11.3. The van der Waals surface area contributed by atoms with Gasteiger partial charge in [-0.1, -0.05) is 6.07 Å². The second-order valence-corrected chi connectivity index (χ2v) is 5.22. The zero-order chi connectivity index (χ0) is 16.8. The van der Waals surface area contributed by atoms with E-state index in [-0.39, 0.29) is 6.10 Å². The van der Waals surface area contributed by atoms with Gasteiger partial charge in [0.25, 0.3) is 0 Å². The molecule has 1 heterocycles. The number of methoxy groups -OCH3 is 1. The van der Waals surface area contributed by atoms with Crippen LogP contribution in [0.2, 0.25) is 0 Å². The monoisotopic (exact) mass is 322 g/mol.